The minimum atomic E-state index is 0. The van der Waals surface area contributed by atoms with Gasteiger partial charge in [-0.3, -0.25) is 0 Å². The molecule has 1 rings (SSSR count). The zero-order valence-electron chi connectivity index (χ0n) is 8.21. The molecule has 0 saturated carbocycles. The van der Waals surface area contributed by atoms with E-state index in [1.165, 1.54) is 22.3 Å². The average molecular weight is 409 g/mol. The van der Waals surface area contributed by atoms with Crippen molar-refractivity contribution >= 4 is 0 Å². The Balaban J connectivity index is -0.000000101. The van der Waals surface area contributed by atoms with Crippen LogP contribution < -0.4 is 50.9 Å². The second-order valence-electron chi connectivity index (χ2n) is 2.76. The first-order chi connectivity index (χ1) is 4.13. The van der Waals surface area contributed by atoms with Gasteiger partial charge in [0.25, 0.3) is 0 Å². The van der Waals surface area contributed by atoms with E-state index in [0.717, 1.165) is 0 Å². The van der Waals surface area contributed by atoms with Crippen LogP contribution >= 0.6 is 0 Å². The van der Waals surface area contributed by atoms with Crippen molar-refractivity contribution in [2.24, 2.45) is 0 Å². The number of aryl methyl sites for hydroxylation is 2. The number of hydrogen-bond donors (Lipinski definition) is 0. The maximum Gasteiger partial charge on any atom is 4.00 e. The molecule has 0 unspecified atom stereocenters. The van der Waals surface area contributed by atoms with E-state index in [9.17, 15) is 0 Å². The minimum absolute atomic E-state index is 0. The number of rotatable bonds is 0. The molecule has 0 aliphatic heterocycles. The van der Waals surface area contributed by atoms with E-state index < -0.39 is 0 Å². The largest absolute Gasteiger partial charge is 4.00 e. The summed E-state index contributed by atoms with van der Waals surface area (Å²) >= 11 is 0. The Morgan fingerprint density at radius 3 is 1.00 bits per heavy atom. The SMILES string of the molecule is Cc1[cH-]c(C)c(C)c1C.[Br-].[Br-].[Br-].[Ti+4]. The third-order valence-corrected chi connectivity index (χ3v) is 2.18. The predicted molar refractivity (Wildman–Crippen MR) is 41.0 cm³/mol. The fourth-order valence-electron chi connectivity index (χ4n) is 1.13. The first-order valence-corrected chi connectivity index (χ1v) is 3.33. The van der Waals surface area contributed by atoms with E-state index in [1.54, 1.807) is 0 Å². The summed E-state index contributed by atoms with van der Waals surface area (Å²) in [5.41, 5.74) is 5.75. The molecule has 0 N–H and O–H groups in total. The first-order valence-electron chi connectivity index (χ1n) is 3.33. The standard InChI is InChI=1S/C9H13.3BrH.Ti/c1-6-5-7(2)9(4)8(6)3;;;;/h5H,1-4H3;3*1H;/q-1;;;;+4/p-3. The van der Waals surface area contributed by atoms with Gasteiger partial charge in [0.15, 0.2) is 0 Å². The molecular weight excluding hydrogens is 396 g/mol. The molecule has 0 bridgehead atoms. The van der Waals surface area contributed by atoms with Crippen LogP contribution in [-0.2, 0) is 21.7 Å². The molecule has 4 heteroatoms. The van der Waals surface area contributed by atoms with Gasteiger partial charge in [-0.15, -0.1) is 0 Å². The summed E-state index contributed by atoms with van der Waals surface area (Å²) in [5, 5.41) is 0. The topological polar surface area (TPSA) is 0 Å². The van der Waals surface area contributed by atoms with Crippen LogP contribution in [0.1, 0.15) is 22.3 Å². The molecule has 0 aromatic heterocycles. The Bertz CT molecular complexity index is 209. The fourth-order valence-corrected chi connectivity index (χ4v) is 1.13. The van der Waals surface area contributed by atoms with Gasteiger partial charge in [0.1, 0.15) is 0 Å². The van der Waals surface area contributed by atoms with Crippen molar-refractivity contribution in [1.29, 1.82) is 0 Å². The Hall–Kier alpha value is 1.50. The summed E-state index contributed by atoms with van der Waals surface area (Å²) in [6, 6.07) is 2.24. The van der Waals surface area contributed by atoms with Gasteiger partial charge in [-0.1, -0.05) is 27.7 Å². The van der Waals surface area contributed by atoms with Crippen LogP contribution in [0.3, 0.4) is 0 Å². The third kappa shape index (κ3) is 5.83. The van der Waals surface area contributed by atoms with E-state index in [2.05, 4.69) is 33.8 Å². The monoisotopic (exact) mass is 406 g/mol. The van der Waals surface area contributed by atoms with Gasteiger partial charge < -0.3 is 50.9 Å². The maximum atomic E-state index is 2.24. The Morgan fingerprint density at radius 2 is 0.923 bits per heavy atom. The van der Waals surface area contributed by atoms with Gasteiger partial charge in [-0.05, 0) is 0 Å². The van der Waals surface area contributed by atoms with Crippen LogP contribution in [0.2, 0.25) is 0 Å². The molecule has 0 aliphatic rings. The van der Waals surface area contributed by atoms with Crippen LogP contribution in [0.5, 0.6) is 0 Å². The van der Waals surface area contributed by atoms with Gasteiger partial charge in [0, 0.05) is 0 Å². The van der Waals surface area contributed by atoms with Gasteiger partial charge in [-0.2, -0.15) is 28.3 Å². The van der Waals surface area contributed by atoms with E-state index in [0.29, 0.717) is 0 Å². The Kier molecular flexibility index (Phi) is 18.5. The zero-order chi connectivity index (χ0) is 7.02. The minimum Gasteiger partial charge on any atom is -1.00 e. The summed E-state index contributed by atoms with van der Waals surface area (Å²) in [7, 11) is 0. The number of halogens is 3. The third-order valence-electron chi connectivity index (χ3n) is 2.18. The molecule has 0 atom stereocenters. The molecule has 1 aromatic rings. The van der Waals surface area contributed by atoms with Crippen LogP contribution in [0, 0.1) is 27.7 Å². The number of hydrogen-bond acceptors (Lipinski definition) is 0. The van der Waals surface area contributed by atoms with Crippen molar-refractivity contribution in [3.05, 3.63) is 28.3 Å². The molecule has 0 spiro atoms. The van der Waals surface area contributed by atoms with E-state index in [-0.39, 0.29) is 72.7 Å². The molecule has 0 heterocycles. The van der Waals surface area contributed by atoms with Gasteiger partial charge >= 0.3 is 21.7 Å². The molecule has 74 valence electrons. The second-order valence-corrected chi connectivity index (χ2v) is 2.76. The van der Waals surface area contributed by atoms with Crippen LogP contribution in [-0.4, -0.2) is 0 Å². The van der Waals surface area contributed by atoms with E-state index in [4.69, 9.17) is 0 Å². The van der Waals surface area contributed by atoms with Crippen molar-refractivity contribution in [2.75, 3.05) is 0 Å². The molecule has 13 heavy (non-hydrogen) atoms. The summed E-state index contributed by atoms with van der Waals surface area (Å²) in [6.45, 7) is 8.68. The average Bonchev–Trinajstić information content (AvgIpc) is 1.98. The van der Waals surface area contributed by atoms with Crippen molar-refractivity contribution < 1.29 is 72.7 Å². The smallest absolute Gasteiger partial charge is 1.00 e. The predicted octanol–water partition coefficient (Wildman–Crippen LogP) is -6.35. The molecule has 0 radical (unpaired) electrons. The molecule has 0 aliphatic carbocycles. The Morgan fingerprint density at radius 1 is 0.692 bits per heavy atom. The molecule has 0 saturated heterocycles. The summed E-state index contributed by atoms with van der Waals surface area (Å²) in [6.07, 6.45) is 0. The maximum absolute atomic E-state index is 2.24. The molecule has 0 amide bonds. The molecule has 0 nitrogen and oxygen atoms in total. The van der Waals surface area contributed by atoms with Crippen LogP contribution in [0.4, 0.5) is 0 Å². The summed E-state index contributed by atoms with van der Waals surface area (Å²) in [5.74, 6) is 0. The van der Waals surface area contributed by atoms with Gasteiger partial charge in [0.2, 0.25) is 0 Å². The fraction of sp³-hybridized carbons (Fsp3) is 0.444. The van der Waals surface area contributed by atoms with E-state index in [1.807, 2.05) is 0 Å². The Labute approximate surface area is 127 Å². The van der Waals surface area contributed by atoms with Crippen molar-refractivity contribution in [2.45, 2.75) is 27.7 Å². The van der Waals surface area contributed by atoms with Crippen molar-refractivity contribution in [3.8, 4) is 0 Å². The summed E-state index contributed by atoms with van der Waals surface area (Å²) < 4.78 is 0. The molecular formula is C9H13Br3Ti. The first kappa shape index (κ1) is 24.0. The second kappa shape index (κ2) is 10.0. The van der Waals surface area contributed by atoms with Crippen molar-refractivity contribution in [1.82, 2.24) is 0 Å². The van der Waals surface area contributed by atoms with Crippen LogP contribution in [0.25, 0.3) is 0 Å². The van der Waals surface area contributed by atoms with Crippen LogP contribution in [0.15, 0.2) is 6.07 Å². The van der Waals surface area contributed by atoms with Gasteiger partial charge in [-0.25, -0.2) is 0 Å². The normalized spacial score (nSPS) is 7.08. The van der Waals surface area contributed by atoms with Crippen molar-refractivity contribution in [3.63, 3.8) is 0 Å². The van der Waals surface area contributed by atoms with Gasteiger partial charge in [0.05, 0.1) is 0 Å². The zero-order valence-corrected chi connectivity index (χ0v) is 14.5. The van der Waals surface area contributed by atoms with E-state index >= 15 is 0 Å². The summed E-state index contributed by atoms with van der Waals surface area (Å²) in [4.78, 5) is 0. The quantitative estimate of drug-likeness (QED) is 0.296. The molecule has 0 fully saturated rings. The molecule has 1 aromatic carbocycles.